The summed E-state index contributed by atoms with van der Waals surface area (Å²) < 4.78 is 26.3. The molecule has 1 heterocycles. The third kappa shape index (κ3) is 3.49. The Balaban J connectivity index is 1.90. The van der Waals surface area contributed by atoms with Gasteiger partial charge in [0, 0.05) is 6.07 Å². The molecule has 0 spiro atoms. The van der Waals surface area contributed by atoms with E-state index >= 15 is 0 Å². The molecular formula is C10H11NO6S. The van der Waals surface area contributed by atoms with Gasteiger partial charge in [-0.1, -0.05) is 6.07 Å². The number of epoxide rings is 1. The molecule has 7 nitrogen and oxygen atoms in total. The summed E-state index contributed by atoms with van der Waals surface area (Å²) in [5.41, 5.74) is -0.524. The molecule has 1 aromatic carbocycles. The van der Waals surface area contributed by atoms with E-state index in [-0.39, 0.29) is 23.6 Å². The van der Waals surface area contributed by atoms with Crippen LogP contribution in [0.2, 0.25) is 0 Å². The van der Waals surface area contributed by atoms with E-state index in [1.807, 2.05) is 6.92 Å². The van der Waals surface area contributed by atoms with Crippen LogP contribution in [0.1, 0.15) is 6.92 Å². The van der Waals surface area contributed by atoms with E-state index in [2.05, 4.69) is 0 Å². The zero-order valence-corrected chi connectivity index (χ0v) is 10.3. The molecule has 0 saturated carbocycles. The summed E-state index contributed by atoms with van der Waals surface area (Å²) in [6, 6.07) is 5.39. The molecule has 0 N–H and O–H groups in total. The highest BCUT2D eigenvalue weighted by atomic mass is 32.2. The van der Waals surface area contributed by atoms with Gasteiger partial charge in [0.25, 0.3) is 5.69 Å². The smallest absolute Gasteiger partial charge is 0.360 e. The van der Waals surface area contributed by atoms with Crippen LogP contribution in [0.15, 0.2) is 24.3 Å². The molecule has 0 aliphatic carbocycles. The van der Waals surface area contributed by atoms with Gasteiger partial charge in [0.1, 0.15) is 11.4 Å². The van der Waals surface area contributed by atoms with E-state index in [1.54, 1.807) is 0 Å². The molecular weight excluding hydrogens is 262 g/mol. The summed E-state index contributed by atoms with van der Waals surface area (Å²) >= 11 is -2.00. The number of rotatable bonds is 6. The van der Waals surface area contributed by atoms with Gasteiger partial charge in [0.2, 0.25) is 0 Å². The number of hydrogen-bond donors (Lipinski definition) is 0. The first kappa shape index (κ1) is 12.9. The van der Waals surface area contributed by atoms with Crippen molar-refractivity contribution < 1.29 is 22.2 Å². The Morgan fingerprint density at radius 2 is 2.33 bits per heavy atom. The van der Waals surface area contributed by atoms with Crippen molar-refractivity contribution in [3.63, 3.8) is 0 Å². The van der Waals surface area contributed by atoms with Gasteiger partial charge < -0.3 is 8.92 Å². The molecule has 1 aliphatic rings. The average molecular weight is 273 g/mol. The quantitative estimate of drug-likeness (QED) is 0.441. The van der Waals surface area contributed by atoms with Crippen LogP contribution in [0.5, 0.6) is 5.75 Å². The second-order valence-electron chi connectivity index (χ2n) is 4.04. The standard InChI is InChI=1S/C10H11NO6S/c1-10(6-15-10)7-16-18(14)17-9-4-2-3-8(5-9)11(12)13/h2-5H,6-7H2,1H3. The van der Waals surface area contributed by atoms with Gasteiger partial charge in [-0.3, -0.25) is 14.3 Å². The molecule has 2 atom stereocenters. The summed E-state index contributed by atoms with van der Waals surface area (Å²) in [5.74, 6) is 0.115. The molecule has 0 radical (unpaired) electrons. The summed E-state index contributed by atoms with van der Waals surface area (Å²) in [6.07, 6.45) is 0. The monoisotopic (exact) mass is 273 g/mol. The third-order valence-electron chi connectivity index (χ3n) is 2.29. The largest absolute Gasteiger partial charge is 0.380 e. The Kier molecular flexibility index (Phi) is 3.60. The Hall–Kier alpha value is -1.51. The van der Waals surface area contributed by atoms with E-state index in [1.165, 1.54) is 24.3 Å². The van der Waals surface area contributed by atoms with Crippen LogP contribution in [0.3, 0.4) is 0 Å². The number of hydrogen-bond acceptors (Lipinski definition) is 6. The second kappa shape index (κ2) is 5.01. The van der Waals surface area contributed by atoms with E-state index in [0.29, 0.717) is 6.61 Å². The molecule has 0 aromatic heterocycles. The lowest BCUT2D eigenvalue weighted by Crippen LogP contribution is -2.17. The lowest BCUT2D eigenvalue weighted by atomic mass is 10.2. The molecule has 0 amide bonds. The molecule has 1 aromatic rings. The van der Waals surface area contributed by atoms with Gasteiger partial charge in [-0.2, -0.15) is 4.21 Å². The highest BCUT2D eigenvalue weighted by Gasteiger charge is 2.40. The minimum absolute atomic E-state index is 0.115. The lowest BCUT2D eigenvalue weighted by Gasteiger charge is -2.06. The number of nitro benzene ring substituents is 1. The minimum atomic E-state index is -2.00. The van der Waals surface area contributed by atoms with Crippen molar-refractivity contribution in [2.75, 3.05) is 13.2 Å². The predicted molar refractivity (Wildman–Crippen MR) is 62.2 cm³/mol. The molecule has 98 valence electrons. The Bertz CT molecular complexity index is 487. The van der Waals surface area contributed by atoms with Crippen LogP contribution in [0.25, 0.3) is 0 Å². The maximum absolute atomic E-state index is 11.4. The number of nitrogens with zero attached hydrogens (tertiary/aromatic N) is 1. The van der Waals surface area contributed by atoms with E-state index in [4.69, 9.17) is 13.1 Å². The van der Waals surface area contributed by atoms with Crippen LogP contribution in [-0.4, -0.2) is 27.9 Å². The van der Waals surface area contributed by atoms with Crippen LogP contribution in [0.4, 0.5) is 5.69 Å². The summed E-state index contributed by atoms with van der Waals surface area (Å²) in [7, 11) is 0. The van der Waals surface area contributed by atoms with Crippen molar-refractivity contribution in [3.05, 3.63) is 34.4 Å². The molecule has 1 aliphatic heterocycles. The fraction of sp³-hybridized carbons (Fsp3) is 0.400. The molecule has 1 saturated heterocycles. The van der Waals surface area contributed by atoms with Gasteiger partial charge in [0.05, 0.1) is 24.2 Å². The zero-order valence-electron chi connectivity index (χ0n) is 9.53. The maximum atomic E-state index is 11.4. The SMILES string of the molecule is CC1(COS(=O)Oc2cccc([N+](=O)[O-])c2)CO1. The highest BCUT2D eigenvalue weighted by molar-refractivity contribution is 7.75. The fourth-order valence-corrected chi connectivity index (χ4v) is 1.79. The Labute approximate surface area is 106 Å². The topological polar surface area (TPSA) is 91.2 Å². The second-order valence-corrected chi connectivity index (χ2v) is 4.85. The summed E-state index contributed by atoms with van der Waals surface area (Å²) in [5, 5.41) is 10.5. The van der Waals surface area contributed by atoms with Gasteiger partial charge in [-0.25, -0.2) is 0 Å². The van der Waals surface area contributed by atoms with Crippen LogP contribution in [-0.2, 0) is 20.3 Å². The van der Waals surface area contributed by atoms with Crippen molar-refractivity contribution in [1.82, 2.24) is 0 Å². The number of ether oxygens (including phenoxy) is 1. The van der Waals surface area contributed by atoms with Gasteiger partial charge >= 0.3 is 11.4 Å². The van der Waals surface area contributed by atoms with Gasteiger partial charge in [-0.05, 0) is 13.0 Å². The molecule has 18 heavy (non-hydrogen) atoms. The average Bonchev–Trinajstić information content (AvgIpc) is 3.06. The third-order valence-corrected chi connectivity index (χ3v) is 2.93. The number of nitro groups is 1. The van der Waals surface area contributed by atoms with Gasteiger partial charge in [-0.15, -0.1) is 0 Å². The Morgan fingerprint density at radius 1 is 1.61 bits per heavy atom. The van der Waals surface area contributed by atoms with Crippen molar-refractivity contribution in [1.29, 1.82) is 0 Å². The molecule has 1 fully saturated rings. The van der Waals surface area contributed by atoms with Crippen LogP contribution in [0, 0.1) is 10.1 Å². The summed E-state index contributed by atoms with van der Waals surface area (Å²) in [4.78, 5) is 9.97. The molecule has 8 heteroatoms. The normalized spacial score (nSPS) is 23.4. The van der Waals surface area contributed by atoms with E-state index in [0.717, 1.165) is 0 Å². The summed E-state index contributed by atoms with van der Waals surface area (Å²) in [6.45, 7) is 2.52. The minimum Gasteiger partial charge on any atom is -0.380 e. The zero-order chi connectivity index (χ0) is 13.2. The Morgan fingerprint density at radius 3 is 2.94 bits per heavy atom. The number of benzene rings is 1. The van der Waals surface area contributed by atoms with Crippen LogP contribution >= 0.6 is 0 Å². The lowest BCUT2D eigenvalue weighted by molar-refractivity contribution is -0.384. The van der Waals surface area contributed by atoms with Crippen molar-refractivity contribution in [3.8, 4) is 5.75 Å². The first-order valence-corrected chi connectivity index (χ1v) is 6.10. The molecule has 0 bridgehead atoms. The van der Waals surface area contributed by atoms with Crippen molar-refractivity contribution >= 4 is 17.0 Å². The van der Waals surface area contributed by atoms with E-state index < -0.39 is 16.3 Å². The fourth-order valence-electron chi connectivity index (χ4n) is 1.13. The van der Waals surface area contributed by atoms with Crippen LogP contribution < -0.4 is 4.18 Å². The van der Waals surface area contributed by atoms with E-state index in [9.17, 15) is 14.3 Å². The van der Waals surface area contributed by atoms with Crippen molar-refractivity contribution in [2.45, 2.75) is 12.5 Å². The highest BCUT2D eigenvalue weighted by Crippen LogP contribution is 2.26. The van der Waals surface area contributed by atoms with Gasteiger partial charge in [0.15, 0.2) is 0 Å². The maximum Gasteiger partial charge on any atom is 0.360 e. The first-order chi connectivity index (χ1) is 8.48. The van der Waals surface area contributed by atoms with Crippen molar-refractivity contribution in [2.24, 2.45) is 0 Å². The predicted octanol–water partition coefficient (Wildman–Crippen LogP) is 1.36. The first-order valence-electron chi connectivity index (χ1n) is 5.10. The molecule has 2 rings (SSSR count). The number of non-ortho nitro benzene ring substituents is 1. The molecule has 2 unspecified atom stereocenters.